The van der Waals surface area contributed by atoms with Gasteiger partial charge < -0.3 is 15.4 Å². The number of carbonyl (C=O) groups is 2. The summed E-state index contributed by atoms with van der Waals surface area (Å²) < 4.78 is 5.06. The van der Waals surface area contributed by atoms with E-state index in [2.05, 4.69) is 0 Å². The van der Waals surface area contributed by atoms with Crippen molar-refractivity contribution in [3.63, 3.8) is 0 Å². The van der Waals surface area contributed by atoms with Crippen molar-refractivity contribution >= 4 is 23.3 Å². The Labute approximate surface area is 163 Å². The predicted molar refractivity (Wildman–Crippen MR) is 105 cm³/mol. The molecule has 148 valence electrons. The summed E-state index contributed by atoms with van der Waals surface area (Å²) in [5, 5.41) is 10.9. The molecule has 1 amide bonds. The van der Waals surface area contributed by atoms with Gasteiger partial charge in [0, 0.05) is 19.2 Å². The van der Waals surface area contributed by atoms with Crippen molar-refractivity contribution in [3.8, 4) is 0 Å². The minimum atomic E-state index is -0.816. The number of esters is 1. The van der Waals surface area contributed by atoms with E-state index in [1.165, 1.54) is 12.1 Å². The van der Waals surface area contributed by atoms with Gasteiger partial charge in [-0.3, -0.25) is 14.9 Å². The lowest BCUT2D eigenvalue weighted by atomic mass is 10.1. The summed E-state index contributed by atoms with van der Waals surface area (Å²) in [5.74, 6) is -1.15. The maximum absolute atomic E-state index is 12.5. The fraction of sp³-hybridized carbons (Fsp3) is 0.300. The molecule has 0 aromatic heterocycles. The molecule has 0 radical (unpaired) electrons. The first-order chi connectivity index (χ1) is 13.3. The largest absolute Gasteiger partial charge is 0.452 e. The Hall–Kier alpha value is -3.42. The summed E-state index contributed by atoms with van der Waals surface area (Å²) in [5.41, 5.74) is 7.16. The van der Waals surface area contributed by atoms with E-state index in [1.807, 2.05) is 38.1 Å². The van der Waals surface area contributed by atoms with E-state index in [-0.39, 0.29) is 22.8 Å². The molecule has 0 saturated heterocycles. The van der Waals surface area contributed by atoms with E-state index in [1.54, 1.807) is 4.90 Å². The Morgan fingerprint density at radius 3 is 2.46 bits per heavy atom. The molecule has 0 bridgehead atoms. The van der Waals surface area contributed by atoms with Gasteiger partial charge in [0.15, 0.2) is 6.61 Å². The molecule has 0 aliphatic carbocycles. The molecule has 0 saturated carbocycles. The van der Waals surface area contributed by atoms with Crippen LogP contribution in [-0.4, -0.2) is 34.9 Å². The molecule has 0 aliphatic rings. The smallest absolute Gasteiger partial charge is 0.338 e. The number of nitrogens with zero attached hydrogens (tertiary/aromatic N) is 2. The zero-order chi connectivity index (χ0) is 20.7. The third-order valence-corrected chi connectivity index (χ3v) is 4.13. The van der Waals surface area contributed by atoms with Crippen LogP contribution in [0.15, 0.2) is 42.5 Å². The van der Waals surface area contributed by atoms with Crippen LogP contribution in [-0.2, 0) is 16.1 Å². The second kappa shape index (κ2) is 9.50. The molecule has 28 heavy (non-hydrogen) atoms. The molecule has 2 rings (SSSR count). The Bertz CT molecular complexity index is 865. The molecule has 8 heteroatoms. The van der Waals surface area contributed by atoms with Crippen LogP contribution >= 0.6 is 0 Å². The summed E-state index contributed by atoms with van der Waals surface area (Å²) in [6.45, 7) is 4.44. The minimum absolute atomic E-state index is 0.0331. The third-order valence-electron chi connectivity index (χ3n) is 4.13. The number of nitrogen functional groups attached to an aromatic ring is 1. The second-order valence-corrected chi connectivity index (χ2v) is 6.41. The number of hydrogen-bond donors (Lipinski definition) is 1. The molecule has 2 N–H and O–H groups in total. The highest BCUT2D eigenvalue weighted by atomic mass is 16.6. The number of nitro benzene ring substituents is 1. The first-order valence-corrected chi connectivity index (χ1v) is 8.86. The Morgan fingerprint density at radius 2 is 1.86 bits per heavy atom. The lowest BCUT2D eigenvalue weighted by Gasteiger charge is -2.22. The van der Waals surface area contributed by atoms with Crippen LogP contribution < -0.4 is 5.73 Å². The van der Waals surface area contributed by atoms with Crippen LogP contribution in [0.5, 0.6) is 0 Å². The lowest BCUT2D eigenvalue weighted by Crippen LogP contribution is -2.34. The average molecular weight is 385 g/mol. The van der Waals surface area contributed by atoms with Crippen molar-refractivity contribution in [1.82, 2.24) is 4.90 Å². The molecule has 2 aromatic rings. The number of anilines is 1. The number of aryl methyl sites for hydroxylation is 1. The van der Waals surface area contributed by atoms with Crippen molar-refractivity contribution in [2.75, 3.05) is 18.9 Å². The zero-order valence-electron chi connectivity index (χ0n) is 15.9. The number of amides is 1. The van der Waals surface area contributed by atoms with Gasteiger partial charge in [-0.25, -0.2) is 4.79 Å². The summed E-state index contributed by atoms with van der Waals surface area (Å²) in [7, 11) is 0. The molecule has 0 fully saturated rings. The maximum atomic E-state index is 12.5. The van der Waals surface area contributed by atoms with Gasteiger partial charge in [0.1, 0.15) is 5.69 Å². The van der Waals surface area contributed by atoms with E-state index in [4.69, 9.17) is 10.5 Å². The predicted octanol–water partition coefficient (Wildman–Crippen LogP) is 3.08. The number of nitro groups is 1. The monoisotopic (exact) mass is 385 g/mol. The van der Waals surface area contributed by atoms with Gasteiger partial charge in [0.2, 0.25) is 0 Å². The molecule has 0 atom stereocenters. The molecular weight excluding hydrogens is 362 g/mol. The summed E-state index contributed by atoms with van der Waals surface area (Å²) >= 11 is 0. The van der Waals surface area contributed by atoms with Gasteiger partial charge in [-0.2, -0.15) is 0 Å². The first kappa shape index (κ1) is 20.9. The second-order valence-electron chi connectivity index (χ2n) is 6.41. The van der Waals surface area contributed by atoms with E-state index < -0.39 is 17.5 Å². The van der Waals surface area contributed by atoms with Gasteiger partial charge in [0.05, 0.1) is 10.5 Å². The number of nitrogens with two attached hydrogens (primary N) is 1. The van der Waals surface area contributed by atoms with Crippen LogP contribution in [0, 0.1) is 17.0 Å². The van der Waals surface area contributed by atoms with Crippen molar-refractivity contribution in [1.29, 1.82) is 0 Å². The first-order valence-electron chi connectivity index (χ1n) is 8.86. The molecule has 0 heterocycles. The highest BCUT2D eigenvalue weighted by molar-refractivity contribution is 5.92. The highest BCUT2D eigenvalue weighted by Gasteiger charge is 2.19. The van der Waals surface area contributed by atoms with Gasteiger partial charge >= 0.3 is 5.97 Å². The third kappa shape index (κ3) is 5.54. The summed E-state index contributed by atoms with van der Waals surface area (Å²) in [4.78, 5) is 36.5. The molecule has 0 aliphatic heterocycles. The Balaban J connectivity index is 2.01. The topological polar surface area (TPSA) is 116 Å². The van der Waals surface area contributed by atoms with Gasteiger partial charge in [-0.15, -0.1) is 0 Å². The number of ether oxygens (including phenoxy) is 1. The van der Waals surface area contributed by atoms with E-state index in [0.29, 0.717) is 13.1 Å². The highest BCUT2D eigenvalue weighted by Crippen LogP contribution is 2.22. The Morgan fingerprint density at radius 1 is 1.18 bits per heavy atom. The molecule has 8 nitrogen and oxygen atoms in total. The Kier molecular flexibility index (Phi) is 7.08. The fourth-order valence-corrected chi connectivity index (χ4v) is 2.61. The fourth-order valence-electron chi connectivity index (χ4n) is 2.61. The van der Waals surface area contributed by atoms with Gasteiger partial charge in [0.25, 0.3) is 11.6 Å². The number of benzene rings is 2. The summed E-state index contributed by atoms with van der Waals surface area (Å²) in [6.07, 6.45) is 0.760. The molecule has 2 aromatic carbocycles. The molecular formula is C20H23N3O5. The molecule has 0 unspecified atom stereocenters. The van der Waals surface area contributed by atoms with Crippen LogP contribution in [0.1, 0.15) is 34.8 Å². The van der Waals surface area contributed by atoms with Crippen LogP contribution in [0.25, 0.3) is 0 Å². The van der Waals surface area contributed by atoms with Crippen molar-refractivity contribution in [2.24, 2.45) is 0 Å². The SMILES string of the molecule is CCCN(Cc1ccc(C)cc1)C(=O)COC(=O)c1ccc(N)c([N+](=O)[O-])c1. The lowest BCUT2D eigenvalue weighted by molar-refractivity contribution is -0.383. The van der Waals surface area contributed by atoms with E-state index in [9.17, 15) is 19.7 Å². The summed E-state index contributed by atoms with van der Waals surface area (Å²) in [6, 6.07) is 11.5. The number of hydrogen-bond acceptors (Lipinski definition) is 6. The van der Waals surface area contributed by atoms with Crippen molar-refractivity contribution in [2.45, 2.75) is 26.8 Å². The van der Waals surface area contributed by atoms with Gasteiger partial charge in [-0.05, 0) is 31.0 Å². The normalized spacial score (nSPS) is 10.4. The minimum Gasteiger partial charge on any atom is -0.452 e. The molecule has 0 spiro atoms. The zero-order valence-corrected chi connectivity index (χ0v) is 15.9. The van der Waals surface area contributed by atoms with Crippen molar-refractivity contribution < 1.29 is 19.2 Å². The maximum Gasteiger partial charge on any atom is 0.338 e. The van der Waals surface area contributed by atoms with E-state index >= 15 is 0 Å². The standard InChI is InChI=1S/C20H23N3O5/c1-3-10-22(12-15-6-4-14(2)5-7-15)19(24)13-28-20(25)16-8-9-17(21)18(11-16)23(26)27/h4-9,11H,3,10,12-13,21H2,1-2H3. The van der Waals surface area contributed by atoms with Gasteiger partial charge in [-0.1, -0.05) is 36.8 Å². The van der Waals surface area contributed by atoms with Crippen LogP contribution in [0.2, 0.25) is 0 Å². The van der Waals surface area contributed by atoms with Crippen molar-refractivity contribution in [3.05, 3.63) is 69.3 Å². The van der Waals surface area contributed by atoms with E-state index in [0.717, 1.165) is 23.6 Å². The number of carbonyl (C=O) groups excluding carboxylic acids is 2. The van der Waals surface area contributed by atoms with Crippen LogP contribution in [0.4, 0.5) is 11.4 Å². The quantitative estimate of drug-likeness (QED) is 0.323. The number of rotatable bonds is 8. The average Bonchev–Trinajstić information content (AvgIpc) is 2.67. The van der Waals surface area contributed by atoms with Crippen LogP contribution in [0.3, 0.4) is 0 Å².